The fraction of sp³-hybridized carbons (Fsp3) is 0.778. The number of Topliss-reactive ketones (excluding diaryl/α,β-unsaturated/α-hetero) is 1. The molecule has 0 saturated carbocycles. The second-order valence-electron chi connectivity index (χ2n) is 3.36. The Morgan fingerprint density at radius 2 is 1.92 bits per heavy atom. The Labute approximate surface area is 78.3 Å². The van der Waals surface area contributed by atoms with Gasteiger partial charge in [0.15, 0.2) is 5.78 Å². The number of aliphatic hydroxyl groups excluding tert-OH is 1. The number of rotatable bonds is 4. The predicted octanol–water partition coefficient (Wildman–Crippen LogP) is 0.241. The van der Waals surface area contributed by atoms with E-state index in [1.807, 2.05) is 0 Å². The molecular formula is C9H17NO3. The minimum absolute atomic E-state index is 0.239. The maximum absolute atomic E-state index is 11.2. The highest BCUT2D eigenvalue weighted by Crippen LogP contribution is 2.14. The number of ketones is 1. The van der Waals surface area contributed by atoms with E-state index in [4.69, 9.17) is 0 Å². The minimum Gasteiger partial charge on any atom is -0.390 e. The summed E-state index contributed by atoms with van der Waals surface area (Å²) in [5.41, 5.74) is -1.15. The molecule has 13 heavy (non-hydrogen) atoms. The molecule has 0 spiro atoms. The van der Waals surface area contributed by atoms with Gasteiger partial charge < -0.3 is 10.4 Å². The summed E-state index contributed by atoms with van der Waals surface area (Å²) in [6.07, 6.45) is -0.412. The third-order valence-corrected chi connectivity index (χ3v) is 2.22. The van der Waals surface area contributed by atoms with Crippen LogP contribution in [0, 0.1) is 0 Å². The van der Waals surface area contributed by atoms with Gasteiger partial charge in [0.05, 0.1) is 6.10 Å². The van der Waals surface area contributed by atoms with Crippen LogP contribution in [-0.4, -0.2) is 28.4 Å². The molecule has 0 aliphatic carbocycles. The number of aliphatic hydroxyl groups is 1. The smallest absolute Gasteiger partial charge is 0.217 e. The van der Waals surface area contributed by atoms with Crippen molar-refractivity contribution in [3.05, 3.63) is 0 Å². The zero-order chi connectivity index (χ0) is 10.6. The highest BCUT2D eigenvalue weighted by Gasteiger charge is 2.37. The van der Waals surface area contributed by atoms with Gasteiger partial charge in [-0.05, 0) is 20.3 Å². The Kier molecular flexibility index (Phi) is 4.07. The number of carbonyl (C=O) groups is 2. The summed E-state index contributed by atoms with van der Waals surface area (Å²) >= 11 is 0. The Morgan fingerprint density at radius 1 is 1.46 bits per heavy atom. The lowest BCUT2D eigenvalue weighted by atomic mass is 9.89. The summed E-state index contributed by atoms with van der Waals surface area (Å²) in [5.74, 6) is -0.553. The van der Waals surface area contributed by atoms with Crippen LogP contribution < -0.4 is 5.32 Å². The lowest BCUT2D eigenvalue weighted by molar-refractivity contribution is -0.134. The first kappa shape index (κ1) is 12.1. The van der Waals surface area contributed by atoms with Gasteiger partial charge in [-0.25, -0.2) is 0 Å². The van der Waals surface area contributed by atoms with Gasteiger partial charge >= 0.3 is 0 Å². The molecule has 0 bridgehead atoms. The molecule has 1 amide bonds. The van der Waals surface area contributed by atoms with E-state index in [2.05, 4.69) is 5.32 Å². The van der Waals surface area contributed by atoms with E-state index >= 15 is 0 Å². The van der Waals surface area contributed by atoms with Crippen LogP contribution in [0.3, 0.4) is 0 Å². The van der Waals surface area contributed by atoms with Gasteiger partial charge in [0.2, 0.25) is 5.91 Å². The van der Waals surface area contributed by atoms with Crippen molar-refractivity contribution < 1.29 is 14.7 Å². The highest BCUT2D eigenvalue weighted by molar-refractivity contribution is 5.91. The summed E-state index contributed by atoms with van der Waals surface area (Å²) in [5, 5.41) is 12.0. The second kappa shape index (κ2) is 4.37. The molecule has 0 heterocycles. The van der Waals surface area contributed by atoms with E-state index in [0.29, 0.717) is 6.42 Å². The zero-order valence-corrected chi connectivity index (χ0v) is 8.55. The van der Waals surface area contributed by atoms with Gasteiger partial charge in [-0.1, -0.05) is 6.92 Å². The molecule has 0 aromatic heterocycles. The Balaban J connectivity index is 4.72. The normalized spacial score (nSPS) is 17.3. The molecule has 0 fully saturated rings. The van der Waals surface area contributed by atoms with Gasteiger partial charge in [-0.2, -0.15) is 0 Å². The Morgan fingerprint density at radius 3 is 2.15 bits per heavy atom. The molecule has 0 rings (SSSR count). The highest BCUT2D eigenvalue weighted by atomic mass is 16.3. The van der Waals surface area contributed by atoms with Gasteiger partial charge in [0.25, 0.3) is 0 Å². The molecule has 0 unspecified atom stereocenters. The van der Waals surface area contributed by atoms with E-state index in [0.717, 1.165) is 0 Å². The SMILES string of the molecule is CC[C@@H](O)[C@@](C)(NC(C)=O)C(C)=O. The molecular weight excluding hydrogens is 170 g/mol. The van der Waals surface area contributed by atoms with Crippen molar-refractivity contribution in [3.8, 4) is 0 Å². The van der Waals surface area contributed by atoms with Crippen LogP contribution in [0.25, 0.3) is 0 Å². The fourth-order valence-electron chi connectivity index (χ4n) is 1.18. The van der Waals surface area contributed by atoms with Gasteiger partial charge in [0.1, 0.15) is 5.54 Å². The molecule has 0 saturated heterocycles. The quantitative estimate of drug-likeness (QED) is 0.662. The summed E-state index contributed by atoms with van der Waals surface area (Å²) < 4.78 is 0. The van der Waals surface area contributed by atoms with Gasteiger partial charge in [-0.3, -0.25) is 9.59 Å². The molecule has 4 nitrogen and oxygen atoms in total. The monoisotopic (exact) mass is 187 g/mol. The molecule has 2 N–H and O–H groups in total. The summed E-state index contributed by atoms with van der Waals surface area (Å²) in [6.45, 7) is 5.97. The van der Waals surface area contributed by atoms with Crippen LogP contribution in [0.1, 0.15) is 34.1 Å². The Hall–Kier alpha value is -0.900. The summed E-state index contributed by atoms with van der Waals surface area (Å²) in [4.78, 5) is 22.0. The third-order valence-electron chi connectivity index (χ3n) is 2.22. The number of carbonyl (C=O) groups excluding carboxylic acids is 2. The van der Waals surface area contributed by atoms with Crippen molar-refractivity contribution in [2.24, 2.45) is 0 Å². The lowest BCUT2D eigenvalue weighted by Gasteiger charge is -2.32. The van der Waals surface area contributed by atoms with Crippen molar-refractivity contribution in [2.75, 3.05) is 0 Å². The molecule has 2 atom stereocenters. The van der Waals surface area contributed by atoms with E-state index in [-0.39, 0.29) is 11.7 Å². The predicted molar refractivity (Wildman–Crippen MR) is 49.2 cm³/mol. The van der Waals surface area contributed by atoms with E-state index < -0.39 is 11.6 Å². The third kappa shape index (κ3) is 2.81. The van der Waals surface area contributed by atoms with Crippen LogP contribution >= 0.6 is 0 Å². The fourth-order valence-corrected chi connectivity index (χ4v) is 1.18. The first-order chi connectivity index (χ1) is 5.84. The van der Waals surface area contributed by atoms with Crippen LogP contribution in [-0.2, 0) is 9.59 Å². The topological polar surface area (TPSA) is 66.4 Å². The molecule has 0 radical (unpaired) electrons. The molecule has 76 valence electrons. The average molecular weight is 187 g/mol. The van der Waals surface area contributed by atoms with Gasteiger partial charge in [-0.15, -0.1) is 0 Å². The van der Waals surface area contributed by atoms with Crippen LogP contribution in [0.15, 0.2) is 0 Å². The number of nitrogens with one attached hydrogen (secondary N) is 1. The van der Waals surface area contributed by atoms with Crippen molar-refractivity contribution >= 4 is 11.7 Å². The van der Waals surface area contributed by atoms with Crippen LogP contribution in [0.5, 0.6) is 0 Å². The molecule has 4 heteroatoms. The number of hydrogen-bond acceptors (Lipinski definition) is 3. The van der Waals surface area contributed by atoms with Crippen molar-refractivity contribution in [3.63, 3.8) is 0 Å². The summed E-state index contributed by atoms with van der Waals surface area (Å²) in [6, 6.07) is 0. The van der Waals surface area contributed by atoms with Gasteiger partial charge in [0, 0.05) is 6.92 Å². The maximum atomic E-state index is 11.2. The molecule has 0 aliphatic heterocycles. The maximum Gasteiger partial charge on any atom is 0.217 e. The first-order valence-corrected chi connectivity index (χ1v) is 4.32. The van der Waals surface area contributed by atoms with Crippen LogP contribution in [0.4, 0.5) is 0 Å². The zero-order valence-electron chi connectivity index (χ0n) is 8.55. The summed E-state index contributed by atoms with van der Waals surface area (Å²) in [7, 11) is 0. The van der Waals surface area contributed by atoms with E-state index in [1.54, 1.807) is 6.92 Å². The number of hydrogen-bond donors (Lipinski definition) is 2. The standard InChI is InChI=1S/C9H17NO3/c1-5-8(13)9(4,6(2)11)10-7(3)12/h8,13H,5H2,1-4H3,(H,10,12)/t8-,9+/m1/s1. The molecule has 0 aromatic carbocycles. The lowest BCUT2D eigenvalue weighted by Crippen LogP contribution is -2.58. The van der Waals surface area contributed by atoms with Crippen LogP contribution in [0.2, 0.25) is 0 Å². The van der Waals surface area contributed by atoms with E-state index in [9.17, 15) is 14.7 Å². The Bertz CT molecular complexity index is 215. The second-order valence-corrected chi connectivity index (χ2v) is 3.36. The van der Waals surface area contributed by atoms with Crippen molar-refractivity contribution in [2.45, 2.75) is 45.8 Å². The molecule has 0 aliphatic rings. The first-order valence-electron chi connectivity index (χ1n) is 4.32. The van der Waals surface area contributed by atoms with Crippen molar-refractivity contribution in [1.82, 2.24) is 5.32 Å². The molecule has 0 aromatic rings. The largest absolute Gasteiger partial charge is 0.390 e. The minimum atomic E-state index is -1.15. The number of amides is 1. The van der Waals surface area contributed by atoms with E-state index in [1.165, 1.54) is 20.8 Å². The average Bonchev–Trinajstić information content (AvgIpc) is 2.01. The van der Waals surface area contributed by atoms with Crippen molar-refractivity contribution in [1.29, 1.82) is 0 Å².